The highest BCUT2D eigenvalue weighted by Gasteiger charge is 2.16. The number of alkyl halides is 1. The minimum Gasteiger partial charge on any atom is -0.481 e. The van der Waals surface area contributed by atoms with Gasteiger partial charge in [-0.25, -0.2) is 9.97 Å². The van der Waals surface area contributed by atoms with Gasteiger partial charge in [0.15, 0.2) is 0 Å². The van der Waals surface area contributed by atoms with Gasteiger partial charge in [0.25, 0.3) is 0 Å². The van der Waals surface area contributed by atoms with Crippen LogP contribution in [0.15, 0.2) is 12.4 Å². The molecule has 2 heterocycles. The summed E-state index contributed by atoms with van der Waals surface area (Å²) in [6.07, 6.45) is 2.73. The van der Waals surface area contributed by atoms with Crippen molar-refractivity contribution in [3.63, 3.8) is 0 Å². The van der Waals surface area contributed by atoms with Gasteiger partial charge in [-0.2, -0.15) is 0 Å². The fourth-order valence-corrected chi connectivity index (χ4v) is 2.66. The minimum atomic E-state index is 0.626. The molecule has 1 aliphatic heterocycles. The van der Waals surface area contributed by atoms with Crippen molar-refractivity contribution in [2.45, 2.75) is 6.42 Å². The van der Waals surface area contributed by atoms with Crippen LogP contribution in [0.4, 0.5) is 5.82 Å². The molecule has 0 spiro atoms. The Morgan fingerprint density at radius 2 is 2.17 bits per heavy atom. The van der Waals surface area contributed by atoms with Gasteiger partial charge in [0.1, 0.15) is 12.1 Å². The quantitative estimate of drug-likeness (QED) is 0.786. The Balaban J connectivity index is 2.00. The van der Waals surface area contributed by atoms with Crippen LogP contribution in [0.2, 0.25) is 0 Å². The first-order chi connectivity index (χ1) is 8.83. The second-order valence-corrected chi connectivity index (χ2v) is 5.08. The summed E-state index contributed by atoms with van der Waals surface area (Å²) >= 11 is 3.50. The van der Waals surface area contributed by atoms with Crippen molar-refractivity contribution < 1.29 is 4.74 Å². The number of hydrogen-bond acceptors (Lipinski definition) is 5. The molecule has 0 amide bonds. The molecule has 2 rings (SSSR count). The second kappa shape index (κ2) is 6.89. The third kappa shape index (κ3) is 3.55. The molecule has 0 saturated carbocycles. The molecule has 0 aliphatic carbocycles. The Hall–Kier alpha value is -0.880. The van der Waals surface area contributed by atoms with Gasteiger partial charge >= 0.3 is 0 Å². The predicted molar refractivity (Wildman–Crippen MR) is 75.6 cm³/mol. The summed E-state index contributed by atoms with van der Waals surface area (Å²) in [4.78, 5) is 13.2. The van der Waals surface area contributed by atoms with Crippen LogP contribution in [-0.4, -0.2) is 60.0 Å². The molecule has 6 heteroatoms. The maximum atomic E-state index is 5.14. The van der Waals surface area contributed by atoms with E-state index in [2.05, 4.69) is 35.7 Å². The third-order valence-electron chi connectivity index (χ3n) is 3.15. The number of ether oxygens (including phenoxy) is 1. The van der Waals surface area contributed by atoms with Crippen molar-refractivity contribution in [2.75, 3.05) is 50.1 Å². The van der Waals surface area contributed by atoms with Gasteiger partial charge in [-0.3, -0.25) is 0 Å². The molecule has 0 N–H and O–H groups in total. The Bertz CT molecular complexity index is 377. The van der Waals surface area contributed by atoms with E-state index in [0.29, 0.717) is 5.88 Å². The van der Waals surface area contributed by atoms with Crippen LogP contribution in [0, 0.1) is 0 Å². The summed E-state index contributed by atoms with van der Waals surface area (Å²) in [6, 6.07) is 1.90. The highest BCUT2D eigenvalue weighted by molar-refractivity contribution is 9.09. The number of aromatic nitrogens is 2. The van der Waals surface area contributed by atoms with Crippen LogP contribution in [0.25, 0.3) is 0 Å². The fraction of sp³-hybridized carbons (Fsp3) is 0.667. The van der Waals surface area contributed by atoms with Crippen molar-refractivity contribution >= 4 is 21.7 Å². The molecule has 1 aliphatic rings. The summed E-state index contributed by atoms with van der Waals surface area (Å²) in [5.41, 5.74) is 0. The monoisotopic (exact) mass is 314 g/mol. The second-order valence-electron chi connectivity index (χ2n) is 4.29. The van der Waals surface area contributed by atoms with E-state index in [4.69, 9.17) is 4.74 Å². The highest BCUT2D eigenvalue weighted by atomic mass is 79.9. The van der Waals surface area contributed by atoms with E-state index in [1.807, 2.05) is 6.07 Å². The average molecular weight is 315 g/mol. The molecule has 1 saturated heterocycles. The largest absolute Gasteiger partial charge is 0.481 e. The van der Waals surface area contributed by atoms with E-state index in [9.17, 15) is 0 Å². The summed E-state index contributed by atoms with van der Waals surface area (Å²) in [5, 5.41) is 1.04. The van der Waals surface area contributed by atoms with Crippen molar-refractivity contribution in [3.8, 4) is 5.88 Å². The van der Waals surface area contributed by atoms with Gasteiger partial charge in [0, 0.05) is 37.6 Å². The molecule has 18 heavy (non-hydrogen) atoms. The molecule has 1 aromatic rings. The molecule has 0 aromatic carbocycles. The Morgan fingerprint density at radius 3 is 2.94 bits per heavy atom. The van der Waals surface area contributed by atoms with E-state index in [0.717, 1.165) is 43.9 Å². The van der Waals surface area contributed by atoms with E-state index in [1.54, 1.807) is 13.4 Å². The lowest BCUT2D eigenvalue weighted by Crippen LogP contribution is -2.32. The van der Waals surface area contributed by atoms with Gasteiger partial charge in [-0.1, -0.05) is 15.9 Å². The zero-order valence-electron chi connectivity index (χ0n) is 10.7. The summed E-state index contributed by atoms with van der Waals surface area (Å²) in [6.45, 7) is 5.40. The van der Waals surface area contributed by atoms with E-state index in [-0.39, 0.29) is 0 Å². The average Bonchev–Trinajstić information content (AvgIpc) is 2.65. The van der Waals surface area contributed by atoms with E-state index in [1.165, 1.54) is 6.42 Å². The molecule has 0 bridgehead atoms. The minimum absolute atomic E-state index is 0.626. The van der Waals surface area contributed by atoms with Crippen LogP contribution in [-0.2, 0) is 0 Å². The van der Waals surface area contributed by atoms with Gasteiger partial charge in [-0.05, 0) is 13.0 Å². The number of rotatable bonds is 4. The lowest BCUT2D eigenvalue weighted by atomic mass is 10.4. The van der Waals surface area contributed by atoms with Gasteiger partial charge < -0.3 is 14.5 Å². The molecule has 0 unspecified atom stereocenters. The highest BCUT2D eigenvalue weighted by Crippen LogP contribution is 2.17. The Morgan fingerprint density at radius 1 is 1.28 bits per heavy atom. The van der Waals surface area contributed by atoms with Crippen molar-refractivity contribution in [2.24, 2.45) is 0 Å². The predicted octanol–water partition coefficient (Wildman–Crippen LogP) is 1.39. The van der Waals surface area contributed by atoms with Gasteiger partial charge in [-0.15, -0.1) is 0 Å². The van der Waals surface area contributed by atoms with Crippen LogP contribution >= 0.6 is 15.9 Å². The third-order valence-corrected chi connectivity index (χ3v) is 3.50. The number of halogens is 1. The Kier molecular flexibility index (Phi) is 5.19. The van der Waals surface area contributed by atoms with Crippen LogP contribution in [0.3, 0.4) is 0 Å². The Labute approximate surface area is 116 Å². The maximum absolute atomic E-state index is 5.14. The van der Waals surface area contributed by atoms with E-state index >= 15 is 0 Å². The standard InChI is InChI=1S/C12H19BrN4O/c1-18-12-9-11(14-10-15-12)17-5-2-4-16(6-3-13)7-8-17/h9-10H,2-8H2,1H3. The van der Waals surface area contributed by atoms with Crippen LogP contribution in [0.1, 0.15) is 6.42 Å². The SMILES string of the molecule is COc1cc(N2CCCN(CCBr)CC2)ncn1. The molecule has 1 aromatic heterocycles. The van der Waals surface area contributed by atoms with Crippen molar-refractivity contribution in [1.29, 1.82) is 0 Å². The van der Waals surface area contributed by atoms with E-state index < -0.39 is 0 Å². The number of anilines is 1. The topological polar surface area (TPSA) is 41.5 Å². The summed E-state index contributed by atoms with van der Waals surface area (Å²) < 4.78 is 5.14. The first-order valence-corrected chi connectivity index (χ1v) is 7.35. The number of methoxy groups -OCH3 is 1. The number of hydrogen-bond donors (Lipinski definition) is 0. The molecule has 0 radical (unpaired) electrons. The molecule has 0 atom stereocenters. The molecular formula is C12H19BrN4O. The van der Waals surface area contributed by atoms with Gasteiger partial charge in [0.05, 0.1) is 7.11 Å². The lowest BCUT2D eigenvalue weighted by molar-refractivity contribution is 0.313. The lowest BCUT2D eigenvalue weighted by Gasteiger charge is -2.22. The van der Waals surface area contributed by atoms with Crippen molar-refractivity contribution in [1.82, 2.24) is 14.9 Å². The van der Waals surface area contributed by atoms with Crippen LogP contribution < -0.4 is 9.64 Å². The van der Waals surface area contributed by atoms with Crippen molar-refractivity contribution in [3.05, 3.63) is 12.4 Å². The molecule has 5 nitrogen and oxygen atoms in total. The summed E-state index contributed by atoms with van der Waals surface area (Å²) in [5.74, 6) is 1.59. The summed E-state index contributed by atoms with van der Waals surface area (Å²) in [7, 11) is 1.63. The fourth-order valence-electron chi connectivity index (χ4n) is 2.16. The van der Waals surface area contributed by atoms with Crippen LogP contribution in [0.5, 0.6) is 5.88 Å². The number of nitrogens with zero attached hydrogens (tertiary/aromatic N) is 4. The maximum Gasteiger partial charge on any atom is 0.218 e. The normalized spacial score (nSPS) is 17.6. The molecule has 100 valence electrons. The first-order valence-electron chi connectivity index (χ1n) is 6.23. The molecule has 1 fully saturated rings. The zero-order chi connectivity index (χ0) is 12.8. The smallest absolute Gasteiger partial charge is 0.218 e. The van der Waals surface area contributed by atoms with Gasteiger partial charge in [0.2, 0.25) is 5.88 Å². The zero-order valence-corrected chi connectivity index (χ0v) is 12.3. The first kappa shape index (κ1) is 13.5. The molecular weight excluding hydrogens is 296 g/mol.